The third-order valence-electron chi connectivity index (χ3n) is 3.49. The molecule has 0 aromatic carbocycles. The maximum Gasteiger partial charge on any atom is 0.315 e. The normalized spacial score (nSPS) is 21.4. The Bertz CT molecular complexity index is 504. The molecule has 1 aliphatic rings. The molecule has 0 radical (unpaired) electrons. The van der Waals surface area contributed by atoms with Crippen LogP contribution in [0, 0.1) is 12.8 Å². The van der Waals surface area contributed by atoms with Crippen LogP contribution in [0.25, 0.3) is 0 Å². The number of nitrogens with one attached hydrogen (secondary N) is 2. The summed E-state index contributed by atoms with van der Waals surface area (Å²) in [6.45, 7) is 2.26. The van der Waals surface area contributed by atoms with Crippen molar-refractivity contribution in [2.75, 3.05) is 0 Å². The molecule has 6 heteroatoms. The van der Waals surface area contributed by atoms with E-state index in [0.717, 1.165) is 11.4 Å². The Balaban J connectivity index is 1.75. The van der Waals surface area contributed by atoms with Crippen molar-refractivity contribution in [2.24, 2.45) is 5.92 Å². The van der Waals surface area contributed by atoms with Crippen LogP contribution in [0.1, 0.15) is 30.7 Å². The average Bonchev–Trinajstić information content (AvgIpc) is 2.85. The van der Waals surface area contributed by atoms with Gasteiger partial charge in [0.25, 0.3) is 0 Å². The van der Waals surface area contributed by atoms with E-state index in [9.17, 15) is 9.59 Å². The molecule has 1 heterocycles. The molecule has 20 heavy (non-hydrogen) atoms. The fourth-order valence-corrected chi connectivity index (χ4v) is 2.44. The van der Waals surface area contributed by atoms with Gasteiger partial charge >= 0.3 is 12.0 Å². The second kappa shape index (κ2) is 6.36. The van der Waals surface area contributed by atoms with Crippen LogP contribution < -0.4 is 10.6 Å². The summed E-state index contributed by atoms with van der Waals surface area (Å²) in [5.74, 6) is -1.11. The van der Waals surface area contributed by atoms with E-state index in [1.807, 2.05) is 25.1 Å². The fraction of sp³-hybridized carbons (Fsp3) is 0.500. The number of carbonyl (C=O) groups is 2. The number of aryl methyl sites for hydroxylation is 1. The van der Waals surface area contributed by atoms with Crippen molar-refractivity contribution in [3.8, 4) is 0 Å². The molecule has 1 aliphatic carbocycles. The highest BCUT2D eigenvalue weighted by molar-refractivity contribution is 5.75. The van der Waals surface area contributed by atoms with Crippen LogP contribution in [0.5, 0.6) is 0 Å². The van der Waals surface area contributed by atoms with Crippen LogP contribution in [-0.4, -0.2) is 28.1 Å². The lowest BCUT2D eigenvalue weighted by molar-refractivity contribution is -0.141. The molecule has 2 rings (SSSR count). The number of aromatic nitrogens is 1. The maximum atomic E-state index is 11.7. The second-order valence-corrected chi connectivity index (χ2v) is 5.14. The molecule has 0 aliphatic heterocycles. The number of hydrogen-bond acceptors (Lipinski definition) is 3. The molecule has 2 unspecified atom stereocenters. The van der Waals surface area contributed by atoms with Crippen LogP contribution in [0.15, 0.2) is 18.2 Å². The number of carboxylic acid groups (broad SMARTS) is 1. The minimum absolute atomic E-state index is 0.0541. The predicted molar refractivity (Wildman–Crippen MR) is 73.1 cm³/mol. The third kappa shape index (κ3) is 3.94. The highest BCUT2D eigenvalue weighted by Crippen LogP contribution is 2.25. The number of pyridine rings is 1. The number of hydrogen-bond donors (Lipinski definition) is 3. The molecule has 1 aromatic rings. The number of nitrogens with zero attached hydrogens (tertiary/aromatic N) is 1. The quantitative estimate of drug-likeness (QED) is 0.776. The number of amides is 2. The smallest absolute Gasteiger partial charge is 0.315 e. The van der Waals surface area contributed by atoms with Crippen LogP contribution >= 0.6 is 0 Å². The Hall–Kier alpha value is -2.11. The summed E-state index contributed by atoms with van der Waals surface area (Å²) in [6, 6.07) is 5.31. The van der Waals surface area contributed by atoms with Crippen molar-refractivity contribution >= 4 is 12.0 Å². The zero-order valence-electron chi connectivity index (χ0n) is 11.4. The zero-order valence-corrected chi connectivity index (χ0v) is 11.4. The van der Waals surface area contributed by atoms with Crippen molar-refractivity contribution in [2.45, 2.75) is 38.8 Å². The molecule has 108 valence electrons. The molecule has 2 amide bonds. The van der Waals surface area contributed by atoms with Crippen molar-refractivity contribution in [1.29, 1.82) is 0 Å². The van der Waals surface area contributed by atoms with Gasteiger partial charge in [-0.2, -0.15) is 0 Å². The first-order valence-corrected chi connectivity index (χ1v) is 6.74. The first-order chi connectivity index (χ1) is 9.54. The van der Waals surface area contributed by atoms with Crippen LogP contribution in [-0.2, 0) is 11.3 Å². The zero-order chi connectivity index (χ0) is 14.5. The number of aliphatic carboxylic acids is 1. The van der Waals surface area contributed by atoms with E-state index in [-0.39, 0.29) is 18.0 Å². The molecular weight excluding hydrogens is 258 g/mol. The Morgan fingerprint density at radius 2 is 2.20 bits per heavy atom. The first kappa shape index (κ1) is 14.3. The minimum Gasteiger partial charge on any atom is -0.481 e. The minimum atomic E-state index is -0.779. The van der Waals surface area contributed by atoms with Crippen LogP contribution in [0.3, 0.4) is 0 Å². The molecular formula is C14H19N3O3. The van der Waals surface area contributed by atoms with Gasteiger partial charge in [-0.1, -0.05) is 6.07 Å². The van der Waals surface area contributed by atoms with Crippen LogP contribution in [0.4, 0.5) is 4.79 Å². The summed E-state index contributed by atoms with van der Waals surface area (Å²) in [6.07, 6.45) is 1.85. The summed E-state index contributed by atoms with van der Waals surface area (Å²) in [5.41, 5.74) is 1.71. The molecule has 0 spiro atoms. The summed E-state index contributed by atoms with van der Waals surface area (Å²) >= 11 is 0. The van der Waals surface area contributed by atoms with Gasteiger partial charge in [-0.25, -0.2) is 4.79 Å². The standard InChI is InChI=1S/C14H19N3O3/c1-9-3-2-4-12(16-9)8-15-14(20)17-11-6-5-10(7-11)13(18)19/h2-4,10-11H,5-8H2,1H3,(H,18,19)(H2,15,17,20). The van der Waals surface area contributed by atoms with Crippen LogP contribution in [0.2, 0.25) is 0 Å². The number of rotatable bonds is 4. The average molecular weight is 277 g/mol. The van der Waals surface area contributed by atoms with Gasteiger partial charge in [0.2, 0.25) is 0 Å². The molecule has 2 atom stereocenters. The summed E-state index contributed by atoms with van der Waals surface area (Å²) in [7, 11) is 0. The predicted octanol–water partition coefficient (Wildman–Crippen LogP) is 1.44. The number of urea groups is 1. The van der Waals surface area contributed by atoms with Gasteiger partial charge in [-0.15, -0.1) is 0 Å². The van der Waals surface area contributed by atoms with E-state index in [2.05, 4.69) is 15.6 Å². The van der Waals surface area contributed by atoms with E-state index in [1.54, 1.807) is 0 Å². The molecule has 6 nitrogen and oxygen atoms in total. The van der Waals surface area contributed by atoms with Crippen molar-refractivity contribution < 1.29 is 14.7 Å². The lowest BCUT2D eigenvalue weighted by Gasteiger charge is -2.13. The number of carboxylic acids is 1. The van der Waals surface area contributed by atoms with Gasteiger partial charge in [0.15, 0.2) is 0 Å². The Morgan fingerprint density at radius 3 is 2.85 bits per heavy atom. The van der Waals surface area contributed by atoms with Gasteiger partial charge in [0.1, 0.15) is 0 Å². The van der Waals surface area contributed by atoms with E-state index in [4.69, 9.17) is 5.11 Å². The molecule has 1 fully saturated rings. The van der Waals surface area contributed by atoms with Gasteiger partial charge < -0.3 is 15.7 Å². The molecule has 3 N–H and O–H groups in total. The Morgan fingerprint density at radius 1 is 1.40 bits per heavy atom. The topological polar surface area (TPSA) is 91.3 Å². The molecule has 0 bridgehead atoms. The third-order valence-corrected chi connectivity index (χ3v) is 3.49. The lowest BCUT2D eigenvalue weighted by Crippen LogP contribution is -2.41. The summed E-state index contributed by atoms with van der Waals surface area (Å²) < 4.78 is 0. The van der Waals surface area contributed by atoms with Crippen molar-refractivity contribution in [1.82, 2.24) is 15.6 Å². The van der Waals surface area contributed by atoms with Crippen molar-refractivity contribution in [3.63, 3.8) is 0 Å². The summed E-state index contributed by atoms with van der Waals surface area (Å²) in [4.78, 5) is 26.9. The number of carbonyl (C=O) groups excluding carboxylic acids is 1. The van der Waals surface area contributed by atoms with E-state index >= 15 is 0 Å². The molecule has 1 saturated carbocycles. The van der Waals surface area contributed by atoms with Gasteiger partial charge in [0.05, 0.1) is 18.2 Å². The van der Waals surface area contributed by atoms with E-state index in [0.29, 0.717) is 25.8 Å². The maximum absolute atomic E-state index is 11.7. The Kier molecular flexibility index (Phi) is 4.55. The summed E-state index contributed by atoms with van der Waals surface area (Å²) in [5, 5.41) is 14.5. The largest absolute Gasteiger partial charge is 0.481 e. The highest BCUT2D eigenvalue weighted by Gasteiger charge is 2.30. The first-order valence-electron chi connectivity index (χ1n) is 6.74. The second-order valence-electron chi connectivity index (χ2n) is 5.14. The Labute approximate surface area is 117 Å². The highest BCUT2D eigenvalue weighted by atomic mass is 16.4. The van der Waals surface area contributed by atoms with E-state index in [1.165, 1.54) is 0 Å². The van der Waals surface area contributed by atoms with Gasteiger partial charge in [0, 0.05) is 11.7 Å². The monoisotopic (exact) mass is 277 g/mol. The SMILES string of the molecule is Cc1cccc(CNC(=O)NC2CCC(C(=O)O)C2)n1. The van der Waals surface area contributed by atoms with E-state index < -0.39 is 5.97 Å². The molecule has 0 saturated heterocycles. The van der Waals surface area contributed by atoms with Gasteiger partial charge in [-0.3, -0.25) is 9.78 Å². The fourth-order valence-electron chi connectivity index (χ4n) is 2.44. The van der Waals surface area contributed by atoms with Crippen molar-refractivity contribution in [3.05, 3.63) is 29.6 Å². The lowest BCUT2D eigenvalue weighted by atomic mass is 10.1. The van der Waals surface area contributed by atoms with Gasteiger partial charge in [-0.05, 0) is 38.3 Å². The molecule has 1 aromatic heterocycles.